The second-order valence-corrected chi connectivity index (χ2v) is 6.82. The van der Waals surface area contributed by atoms with Gasteiger partial charge < -0.3 is 4.74 Å². The molecule has 7 heteroatoms. The van der Waals surface area contributed by atoms with Crippen LogP contribution in [0.2, 0.25) is 0 Å². The minimum absolute atomic E-state index is 0.269. The average Bonchev–Trinajstić information content (AvgIpc) is 2.90. The summed E-state index contributed by atoms with van der Waals surface area (Å²) in [5, 5.41) is 9.99. The molecule has 1 N–H and O–H groups in total. The number of benzene rings is 2. The van der Waals surface area contributed by atoms with Crippen LogP contribution in [0, 0.1) is 13.8 Å². The Morgan fingerprint density at radius 1 is 1.15 bits per heavy atom. The number of nitrogens with zero attached hydrogens (tertiary/aromatic N) is 3. The zero-order valence-electron chi connectivity index (χ0n) is 15.0. The molecule has 3 rings (SSSR count). The van der Waals surface area contributed by atoms with Crippen molar-refractivity contribution in [3.05, 3.63) is 52.0 Å². The monoisotopic (exact) mass is 414 g/mol. The molecule has 1 aliphatic rings. The number of nitrogens with one attached hydrogen (secondary N) is 1. The molecule has 0 aromatic heterocycles. The Morgan fingerprint density at radius 3 is 2.62 bits per heavy atom. The third-order valence-electron chi connectivity index (χ3n) is 4.18. The fourth-order valence-corrected chi connectivity index (χ4v) is 3.11. The predicted octanol–water partition coefficient (Wildman–Crippen LogP) is 4.27. The average molecular weight is 415 g/mol. The van der Waals surface area contributed by atoms with Crippen LogP contribution in [-0.4, -0.2) is 24.4 Å². The molecule has 0 fully saturated rings. The molecule has 0 bridgehead atoms. The van der Waals surface area contributed by atoms with E-state index >= 15 is 0 Å². The number of carbonyl (C=O) groups excluding carboxylic acids is 1. The van der Waals surface area contributed by atoms with E-state index in [2.05, 4.69) is 31.6 Å². The van der Waals surface area contributed by atoms with Crippen molar-refractivity contribution in [1.82, 2.24) is 0 Å². The first-order valence-electron chi connectivity index (χ1n) is 8.06. The van der Waals surface area contributed by atoms with Gasteiger partial charge in [0.1, 0.15) is 0 Å². The third kappa shape index (κ3) is 3.35. The summed E-state index contributed by atoms with van der Waals surface area (Å²) in [6.45, 7) is 5.80. The standard InChI is InChI=1S/C19H19BrN4O2/c1-11-8-9-14(10-12(11)2)24-19(25)17(13(3)23-24)22-21-16-7-5-6-15(20)18(16)26-4/h5-10,21H,1-4H3/b22-17+. The molecule has 26 heavy (non-hydrogen) atoms. The first-order valence-corrected chi connectivity index (χ1v) is 8.85. The second kappa shape index (κ2) is 7.29. The van der Waals surface area contributed by atoms with E-state index in [9.17, 15) is 4.79 Å². The van der Waals surface area contributed by atoms with Gasteiger partial charge in [-0.15, -0.1) is 0 Å². The van der Waals surface area contributed by atoms with E-state index in [1.54, 1.807) is 14.0 Å². The molecule has 0 unspecified atom stereocenters. The van der Waals surface area contributed by atoms with Gasteiger partial charge in [0.15, 0.2) is 11.5 Å². The predicted molar refractivity (Wildman–Crippen MR) is 108 cm³/mol. The molecule has 1 aliphatic heterocycles. The van der Waals surface area contributed by atoms with Gasteiger partial charge in [-0.25, -0.2) is 0 Å². The Kier molecular flexibility index (Phi) is 5.08. The quantitative estimate of drug-likeness (QED) is 0.759. The van der Waals surface area contributed by atoms with Gasteiger partial charge in [-0.3, -0.25) is 10.2 Å². The maximum absolute atomic E-state index is 12.8. The van der Waals surface area contributed by atoms with Crippen LogP contribution in [0.15, 0.2) is 51.1 Å². The molecule has 2 aromatic carbocycles. The number of carbonyl (C=O) groups is 1. The van der Waals surface area contributed by atoms with Gasteiger partial charge >= 0.3 is 5.91 Å². The number of amides is 1. The zero-order valence-corrected chi connectivity index (χ0v) is 16.6. The maximum Gasteiger partial charge on any atom is 0.301 e. The molecule has 6 nitrogen and oxygen atoms in total. The lowest BCUT2D eigenvalue weighted by Crippen LogP contribution is -2.28. The largest absolute Gasteiger partial charge is 0.493 e. The van der Waals surface area contributed by atoms with Crippen LogP contribution in [0.1, 0.15) is 18.1 Å². The molecule has 2 aromatic rings. The lowest BCUT2D eigenvalue weighted by molar-refractivity contribution is -0.112. The Hall–Kier alpha value is -2.67. The summed E-state index contributed by atoms with van der Waals surface area (Å²) in [6, 6.07) is 11.3. The summed E-state index contributed by atoms with van der Waals surface area (Å²) < 4.78 is 6.15. The van der Waals surface area contributed by atoms with Crippen LogP contribution in [0.25, 0.3) is 0 Å². The van der Waals surface area contributed by atoms with Gasteiger partial charge in [0.2, 0.25) is 0 Å². The first kappa shape index (κ1) is 18.1. The number of halogens is 1. The van der Waals surface area contributed by atoms with E-state index in [0.29, 0.717) is 17.1 Å². The molecule has 1 heterocycles. The van der Waals surface area contributed by atoms with E-state index in [4.69, 9.17) is 4.74 Å². The molecule has 1 amide bonds. The number of para-hydroxylation sites is 1. The summed E-state index contributed by atoms with van der Waals surface area (Å²) in [4.78, 5) is 12.8. The molecule has 0 saturated heterocycles. The maximum atomic E-state index is 12.8. The lowest BCUT2D eigenvalue weighted by atomic mass is 10.1. The Balaban J connectivity index is 1.87. The lowest BCUT2D eigenvalue weighted by Gasteiger charge is -2.13. The smallest absolute Gasteiger partial charge is 0.301 e. The van der Waals surface area contributed by atoms with Gasteiger partial charge in [0, 0.05) is 0 Å². The summed E-state index contributed by atoms with van der Waals surface area (Å²) in [5.41, 5.74) is 7.37. The Labute approximate surface area is 160 Å². The van der Waals surface area contributed by atoms with Crippen molar-refractivity contribution in [2.75, 3.05) is 17.5 Å². The molecule has 0 spiro atoms. The number of rotatable bonds is 4. The molecular weight excluding hydrogens is 396 g/mol. The molecule has 0 atom stereocenters. The molecule has 0 radical (unpaired) electrons. The number of ether oxygens (including phenoxy) is 1. The molecule has 0 aliphatic carbocycles. The van der Waals surface area contributed by atoms with Crippen LogP contribution in [0.5, 0.6) is 5.75 Å². The van der Waals surface area contributed by atoms with Crippen molar-refractivity contribution >= 4 is 44.6 Å². The van der Waals surface area contributed by atoms with Gasteiger partial charge in [-0.1, -0.05) is 12.1 Å². The number of hydrogen-bond donors (Lipinski definition) is 1. The fourth-order valence-electron chi connectivity index (χ4n) is 2.58. The highest BCUT2D eigenvalue weighted by atomic mass is 79.9. The van der Waals surface area contributed by atoms with Gasteiger partial charge in [0.05, 0.1) is 28.7 Å². The van der Waals surface area contributed by atoms with Crippen LogP contribution in [0.3, 0.4) is 0 Å². The molecular formula is C19H19BrN4O2. The Bertz CT molecular complexity index is 937. The van der Waals surface area contributed by atoms with Crippen molar-refractivity contribution in [3.63, 3.8) is 0 Å². The van der Waals surface area contributed by atoms with Crippen LogP contribution < -0.4 is 15.2 Å². The van der Waals surface area contributed by atoms with Crippen molar-refractivity contribution in [3.8, 4) is 5.75 Å². The topological polar surface area (TPSA) is 66.3 Å². The number of aryl methyl sites for hydroxylation is 2. The van der Waals surface area contributed by atoms with Crippen molar-refractivity contribution in [1.29, 1.82) is 0 Å². The van der Waals surface area contributed by atoms with Gasteiger partial charge in [-0.05, 0) is 72.1 Å². The van der Waals surface area contributed by atoms with Crippen LogP contribution in [-0.2, 0) is 4.79 Å². The highest BCUT2D eigenvalue weighted by Gasteiger charge is 2.31. The summed E-state index contributed by atoms with van der Waals surface area (Å²) in [5.74, 6) is 0.343. The summed E-state index contributed by atoms with van der Waals surface area (Å²) in [7, 11) is 1.58. The zero-order chi connectivity index (χ0) is 18.8. The SMILES string of the molecule is COc1c(Br)cccc1N/N=C1/C(=O)N(c2ccc(C)c(C)c2)N=C1C. The highest BCUT2D eigenvalue weighted by Crippen LogP contribution is 2.33. The number of hydrazone groups is 2. The van der Waals surface area contributed by atoms with Crippen molar-refractivity contribution in [2.24, 2.45) is 10.2 Å². The van der Waals surface area contributed by atoms with Crippen LogP contribution in [0.4, 0.5) is 11.4 Å². The summed E-state index contributed by atoms with van der Waals surface area (Å²) in [6.07, 6.45) is 0. The van der Waals surface area contributed by atoms with E-state index in [1.807, 2.05) is 50.2 Å². The molecule has 0 saturated carbocycles. The number of methoxy groups -OCH3 is 1. The van der Waals surface area contributed by atoms with Crippen molar-refractivity contribution < 1.29 is 9.53 Å². The normalized spacial score (nSPS) is 15.4. The van der Waals surface area contributed by atoms with Gasteiger partial charge in [-0.2, -0.15) is 15.2 Å². The third-order valence-corrected chi connectivity index (χ3v) is 4.81. The van der Waals surface area contributed by atoms with Crippen LogP contribution >= 0.6 is 15.9 Å². The molecule has 134 valence electrons. The second-order valence-electron chi connectivity index (χ2n) is 5.96. The summed E-state index contributed by atoms with van der Waals surface area (Å²) >= 11 is 3.42. The first-order chi connectivity index (χ1) is 12.4. The van der Waals surface area contributed by atoms with Crippen molar-refractivity contribution in [2.45, 2.75) is 20.8 Å². The number of anilines is 2. The highest BCUT2D eigenvalue weighted by molar-refractivity contribution is 9.10. The Morgan fingerprint density at radius 2 is 1.92 bits per heavy atom. The van der Waals surface area contributed by atoms with Gasteiger partial charge in [0.25, 0.3) is 0 Å². The fraction of sp³-hybridized carbons (Fsp3) is 0.211. The van der Waals surface area contributed by atoms with E-state index in [-0.39, 0.29) is 11.6 Å². The van der Waals surface area contributed by atoms with E-state index in [1.165, 1.54) is 10.6 Å². The van der Waals surface area contributed by atoms with E-state index < -0.39 is 0 Å². The van der Waals surface area contributed by atoms with E-state index in [0.717, 1.165) is 15.7 Å². The minimum Gasteiger partial charge on any atom is -0.493 e. The minimum atomic E-state index is -0.271. The number of hydrogen-bond acceptors (Lipinski definition) is 5.